The molecule has 1 saturated heterocycles. The van der Waals surface area contributed by atoms with Crippen LogP contribution in [0.3, 0.4) is 0 Å². The van der Waals surface area contributed by atoms with E-state index in [2.05, 4.69) is 25.6 Å². The molecule has 1 aliphatic rings. The van der Waals surface area contributed by atoms with Crippen molar-refractivity contribution in [3.8, 4) is 0 Å². The molecule has 0 amide bonds. The van der Waals surface area contributed by atoms with Gasteiger partial charge in [-0.3, -0.25) is 0 Å². The van der Waals surface area contributed by atoms with Gasteiger partial charge in [-0.05, 0) is 42.5 Å². The molecule has 3 aromatic rings. The Morgan fingerprint density at radius 3 is 2.14 bits per heavy atom. The minimum atomic E-state index is -0.494. The molecule has 150 valence electrons. The SMILES string of the molecule is Fc1ccc(Nc2nc(Nc3ccc(Cl)cc3)nc(N3CCOCC3)n2)cc1Cl. The highest BCUT2D eigenvalue weighted by Crippen LogP contribution is 2.24. The molecule has 0 saturated carbocycles. The Hall–Kier alpha value is -2.68. The molecule has 0 radical (unpaired) electrons. The molecule has 0 atom stereocenters. The second-order valence-electron chi connectivity index (χ2n) is 6.27. The van der Waals surface area contributed by atoms with E-state index < -0.39 is 5.82 Å². The van der Waals surface area contributed by atoms with Gasteiger partial charge in [-0.25, -0.2) is 4.39 Å². The van der Waals surface area contributed by atoms with Crippen LogP contribution in [0.4, 0.5) is 33.6 Å². The summed E-state index contributed by atoms with van der Waals surface area (Å²) in [6.45, 7) is 2.54. The molecule has 2 N–H and O–H groups in total. The summed E-state index contributed by atoms with van der Waals surface area (Å²) in [5.74, 6) is 0.683. The molecule has 7 nitrogen and oxygen atoms in total. The van der Waals surface area contributed by atoms with E-state index in [-0.39, 0.29) is 5.02 Å². The van der Waals surface area contributed by atoms with Crippen molar-refractivity contribution in [3.63, 3.8) is 0 Å². The largest absolute Gasteiger partial charge is 0.378 e. The summed E-state index contributed by atoms with van der Waals surface area (Å²) >= 11 is 11.8. The number of morpholine rings is 1. The van der Waals surface area contributed by atoms with Gasteiger partial charge in [0.25, 0.3) is 0 Å². The molecule has 2 aromatic carbocycles. The van der Waals surface area contributed by atoms with Crippen LogP contribution in [0.1, 0.15) is 0 Å². The molecular formula is C19H17Cl2FN6O. The summed E-state index contributed by atoms with van der Waals surface area (Å²) in [6, 6.07) is 11.5. The molecule has 1 aromatic heterocycles. The van der Waals surface area contributed by atoms with Crippen molar-refractivity contribution in [2.75, 3.05) is 41.8 Å². The molecule has 0 spiro atoms. The Balaban J connectivity index is 1.64. The molecule has 2 heterocycles. The highest BCUT2D eigenvalue weighted by Gasteiger charge is 2.17. The van der Waals surface area contributed by atoms with Crippen LogP contribution in [-0.2, 0) is 4.74 Å². The third kappa shape index (κ3) is 5.03. The van der Waals surface area contributed by atoms with Gasteiger partial charge in [-0.15, -0.1) is 0 Å². The van der Waals surface area contributed by atoms with Crippen LogP contribution >= 0.6 is 23.2 Å². The van der Waals surface area contributed by atoms with Crippen LogP contribution in [0.15, 0.2) is 42.5 Å². The lowest BCUT2D eigenvalue weighted by Gasteiger charge is -2.27. The van der Waals surface area contributed by atoms with Gasteiger partial charge in [-0.2, -0.15) is 15.0 Å². The average Bonchev–Trinajstić information content (AvgIpc) is 2.73. The van der Waals surface area contributed by atoms with Crippen LogP contribution in [0.25, 0.3) is 0 Å². The summed E-state index contributed by atoms with van der Waals surface area (Å²) in [7, 11) is 0. The zero-order valence-corrected chi connectivity index (χ0v) is 16.7. The number of hydrogen-bond donors (Lipinski definition) is 2. The zero-order chi connectivity index (χ0) is 20.2. The predicted octanol–water partition coefficient (Wildman–Crippen LogP) is 4.64. The van der Waals surface area contributed by atoms with Gasteiger partial charge < -0.3 is 20.3 Å². The van der Waals surface area contributed by atoms with E-state index in [0.29, 0.717) is 54.9 Å². The molecule has 4 rings (SSSR count). The molecule has 0 bridgehead atoms. The van der Waals surface area contributed by atoms with Crippen LogP contribution in [-0.4, -0.2) is 41.3 Å². The normalized spacial score (nSPS) is 14.0. The van der Waals surface area contributed by atoms with Gasteiger partial charge in [0, 0.05) is 29.5 Å². The Bertz CT molecular complexity index is 998. The van der Waals surface area contributed by atoms with Crippen molar-refractivity contribution in [1.82, 2.24) is 15.0 Å². The monoisotopic (exact) mass is 434 g/mol. The Morgan fingerprint density at radius 2 is 1.48 bits per heavy atom. The van der Waals surface area contributed by atoms with Gasteiger partial charge >= 0.3 is 0 Å². The number of ether oxygens (including phenoxy) is 1. The van der Waals surface area contributed by atoms with E-state index in [0.717, 1.165) is 5.69 Å². The van der Waals surface area contributed by atoms with Crippen molar-refractivity contribution in [1.29, 1.82) is 0 Å². The number of nitrogens with zero attached hydrogens (tertiary/aromatic N) is 4. The topological polar surface area (TPSA) is 75.2 Å². The molecule has 0 unspecified atom stereocenters. The van der Waals surface area contributed by atoms with Gasteiger partial charge in [0.15, 0.2) is 0 Å². The number of rotatable bonds is 5. The first-order valence-electron chi connectivity index (χ1n) is 8.90. The fourth-order valence-electron chi connectivity index (χ4n) is 2.75. The Labute approximate surface area is 176 Å². The minimum absolute atomic E-state index is 0.0111. The number of hydrogen-bond acceptors (Lipinski definition) is 7. The second kappa shape index (κ2) is 8.77. The highest BCUT2D eigenvalue weighted by molar-refractivity contribution is 6.31. The van der Waals surface area contributed by atoms with E-state index in [9.17, 15) is 4.39 Å². The Kier molecular flexibility index (Phi) is 5.94. The quantitative estimate of drug-likeness (QED) is 0.605. The predicted molar refractivity (Wildman–Crippen MR) is 112 cm³/mol. The molecule has 10 heteroatoms. The van der Waals surface area contributed by atoms with E-state index in [1.54, 1.807) is 18.2 Å². The minimum Gasteiger partial charge on any atom is -0.378 e. The van der Waals surface area contributed by atoms with E-state index >= 15 is 0 Å². The lowest BCUT2D eigenvalue weighted by Crippen LogP contribution is -2.37. The lowest BCUT2D eigenvalue weighted by atomic mass is 10.3. The van der Waals surface area contributed by atoms with Crippen molar-refractivity contribution in [2.24, 2.45) is 0 Å². The van der Waals surface area contributed by atoms with Crippen LogP contribution in [0.2, 0.25) is 10.0 Å². The number of benzene rings is 2. The Morgan fingerprint density at radius 1 is 0.862 bits per heavy atom. The maximum Gasteiger partial charge on any atom is 0.233 e. The first-order chi connectivity index (χ1) is 14.1. The molecule has 1 fully saturated rings. The molecular weight excluding hydrogens is 418 g/mol. The van der Waals surface area contributed by atoms with Gasteiger partial charge in [0.2, 0.25) is 17.8 Å². The standard InChI is InChI=1S/C19H17Cl2FN6O/c20-12-1-3-13(4-2-12)23-17-25-18(24-14-5-6-16(22)15(21)11-14)27-19(26-17)28-7-9-29-10-8-28/h1-6,11H,7-10H2,(H2,23,24,25,26,27). The van der Waals surface area contributed by atoms with Crippen molar-refractivity contribution in [2.45, 2.75) is 0 Å². The highest BCUT2D eigenvalue weighted by atomic mass is 35.5. The fraction of sp³-hybridized carbons (Fsp3) is 0.211. The number of anilines is 5. The van der Waals surface area contributed by atoms with Gasteiger partial charge in [0.05, 0.1) is 18.2 Å². The molecule has 1 aliphatic heterocycles. The maximum absolute atomic E-state index is 13.4. The van der Waals surface area contributed by atoms with Crippen molar-refractivity contribution >= 4 is 52.4 Å². The summed E-state index contributed by atoms with van der Waals surface area (Å²) in [5.41, 5.74) is 1.34. The first-order valence-corrected chi connectivity index (χ1v) is 9.66. The summed E-state index contributed by atoms with van der Waals surface area (Å²) in [5, 5.41) is 6.85. The average molecular weight is 435 g/mol. The van der Waals surface area contributed by atoms with Crippen LogP contribution in [0.5, 0.6) is 0 Å². The van der Waals surface area contributed by atoms with E-state index in [1.807, 2.05) is 17.0 Å². The van der Waals surface area contributed by atoms with E-state index in [1.165, 1.54) is 12.1 Å². The fourth-order valence-corrected chi connectivity index (χ4v) is 3.05. The van der Waals surface area contributed by atoms with Gasteiger partial charge in [-0.1, -0.05) is 23.2 Å². The zero-order valence-electron chi connectivity index (χ0n) is 15.2. The third-order valence-electron chi connectivity index (χ3n) is 4.19. The smallest absolute Gasteiger partial charge is 0.233 e. The van der Waals surface area contributed by atoms with E-state index in [4.69, 9.17) is 27.9 Å². The van der Waals surface area contributed by atoms with Crippen LogP contribution < -0.4 is 15.5 Å². The first kappa shape index (κ1) is 19.6. The van der Waals surface area contributed by atoms with Crippen LogP contribution in [0, 0.1) is 5.82 Å². The maximum atomic E-state index is 13.4. The molecule has 0 aliphatic carbocycles. The van der Waals surface area contributed by atoms with Crippen molar-refractivity contribution in [3.05, 3.63) is 58.3 Å². The molecule has 29 heavy (non-hydrogen) atoms. The van der Waals surface area contributed by atoms with Crippen molar-refractivity contribution < 1.29 is 9.13 Å². The number of aromatic nitrogens is 3. The number of nitrogens with one attached hydrogen (secondary N) is 2. The number of halogens is 3. The summed E-state index contributed by atoms with van der Waals surface area (Å²) < 4.78 is 18.8. The summed E-state index contributed by atoms with van der Waals surface area (Å²) in [6.07, 6.45) is 0. The summed E-state index contributed by atoms with van der Waals surface area (Å²) in [4.78, 5) is 15.5. The third-order valence-corrected chi connectivity index (χ3v) is 4.74. The lowest BCUT2D eigenvalue weighted by molar-refractivity contribution is 0.122. The van der Waals surface area contributed by atoms with Gasteiger partial charge in [0.1, 0.15) is 5.82 Å². The second-order valence-corrected chi connectivity index (χ2v) is 7.11.